The topological polar surface area (TPSA) is 85.8 Å². The maximum atomic E-state index is 11.7. The number of hydrogen-bond donors (Lipinski definition) is 2. The van der Waals surface area contributed by atoms with E-state index in [0.717, 1.165) is 12.8 Å². The summed E-state index contributed by atoms with van der Waals surface area (Å²) in [6.07, 6.45) is 3.47. The smallest absolute Gasteiger partial charge is 0.244 e. The summed E-state index contributed by atoms with van der Waals surface area (Å²) in [5, 5.41) is 6.87. The van der Waals surface area contributed by atoms with Gasteiger partial charge >= 0.3 is 0 Å². The van der Waals surface area contributed by atoms with Gasteiger partial charge in [0, 0.05) is 6.54 Å². The van der Waals surface area contributed by atoms with Gasteiger partial charge in [0.1, 0.15) is 17.4 Å². The van der Waals surface area contributed by atoms with Crippen LogP contribution in [-0.2, 0) is 4.79 Å². The van der Waals surface area contributed by atoms with Gasteiger partial charge in [0.05, 0.1) is 0 Å². The lowest BCUT2D eigenvalue weighted by atomic mass is 10.3. The van der Waals surface area contributed by atoms with Crippen molar-refractivity contribution >= 4 is 23.1 Å². The number of carbonyl (C=O) groups excluding carboxylic acids is 1. The third-order valence-corrected chi connectivity index (χ3v) is 2.52. The van der Waals surface area contributed by atoms with E-state index in [4.69, 9.17) is 18.0 Å². The summed E-state index contributed by atoms with van der Waals surface area (Å²) in [6.45, 7) is 4.50. The van der Waals surface area contributed by atoms with Crippen molar-refractivity contribution < 1.29 is 4.79 Å². The minimum absolute atomic E-state index is 0.0853. The number of nitrogens with zero attached hydrogens (tertiary/aromatic N) is 3. The van der Waals surface area contributed by atoms with Crippen LogP contribution >= 0.6 is 12.2 Å². The molecule has 0 fully saturated rings. The fourth-order valence-electron chi connectivity index (χ4n) is 1.23. The molecule has 94 valence electrons. The number of unbranched alkanes of at least 4 members (excludes halogenated alkanes) is 1. The molecule has 1 amide bonds. The van der Waals surface area contributed by atoms with Crippen LogP contribution < -0.4 is 11.1 Å². The number of thiocarbonyl (C=S) groups is 1. The third-order valence-electron chi connectivity index (χ3n) is 2.33. The molecule has 0 saturated heterocycles. The second-order valence-electron chi connectivity index (χ2n) is 3.73. The van der Waals surface area contributed by atoms with Crippen molar-refractivity contribution in [3.05, 3.63) is 12.2 Å². The van der Waals surface area contributed by atoms with Crippen LogP contribution in [0.2, 0.25) is 0 Å². The Balaban J connectivity index is 2.58. The average molecular weight is 255 g/mol. The zero-order valence-corrected chi connectivity index (χ0v) is 10.8. The molecule has 0 aliphatic carbocycles. The van der Waals surface area contributed by atoms with E-state index in [1.54, 1.807) is 6.92 Å². The van der Waals surface area contributed by atoms with Crippen molar-refractivity contribution in [3.63, 3.8) is 0 Å². The standard InChI is InChI=1S/C10H17N5OS/c1-3-4-5-12-10(16)7(2)15-6-13-9(14-15)8(11)17/h6-7H,3-5H2,1-2H3,(H2,11,17)(H,12,16). The summed E-state index contributed by atoms with van der Waals surface area (Å²) in [5.41, 5.74) is 5.39. The lowest BCUT2D eigenvalue weighted by Gasteiger charge is -2.11. The van der Waals surface area contributed by atoms with Gasteiger partial charge in [-0.15, -0.1) is 5.10 Å². The molecule has 0 spiro atoms. The normalized spacial score (nSPS) is 12.1. The molecule has 1 aromatic rings. The van der Waals surface area contributed by atoms with Gasteiger partial charge in [-0.3, -0.25) is 4.79 Å². The lowest BCUT2D eigenvalue weighted by Crippen LogP contribution is -2.32. The largest absolute Gasteiger partial charge is 0.387 e. The average Bonchev–Trinajstić information content (AvgIpc) is 2.77. The molecule has 0 saturated carbocycles. The Bertz CT molecular complexity index is 403. The molecule has 0 aliphatic rings. The highest BCUT2D eigenvalue weighted by Crippen LogP contribution is 2.03. The van der Waals surface area contributed by atoms with Gasteiger partial charge in [0.2, 0.25) is 11.7 Å². The van der Waals surface area contributed by atoms with E-state index < -0.39 is 6.04 Å². The number of hydrogen-bond acceptors (Lipinski definition) is 4. The Morgan fingerprint density at radius 2 is 2.41 bits per heavy atom. The minimum Gasteiger partial charge on any atom is -0.387 e. The van der Waals surface area contributed by atoms with Crippen LogP contribution in [0.3, 0.4) is 0 Å². The zero-order valence-electron chi connectivity index (χ0n) is 10.0. The summed E-state index contributed by atoms with van der Waals surface area (Å²) < 4.78 is 1.45. The molecule has 1 atom stereocenters. The van der Waals surface area contributed by atoms with Crippen LogP contribution in [0.15, 0.2) is 6.33 Å². The molecule has 1 unspecified atom stereocenters. The minimum atomic E-state index is -0.414. The molecule has 1 aromatic heterocycles. The third kappa shape index (κ3) is 3.77. The van der Waals surface area contributed by atoms with Gasteiger partial charge < -0.3 is 11.1 Å². The summed E-state index contributed by atoms with van der Waals surface area (Å²) >= 11 is 4.75. The quantitative estimate of drug-likeness (QED) is 0.567. The van der Waals surface area contributed by atoms with Crippen molar-refractivity contribution in [2.45, 2.75) is 32.7 Å². The predicted octanol–water partition coefficient (Wildman–Crippen LogP) is 0.390. The van der Waals surface area contributed by atoms with Crippen molar-refractivity contribution in [2.24, 2.45) is 5.73 Å². The summed E-state index contributed by atoms with van der Waals surface area (Å²) in [4.78, 5) is 15.8. The van der Waals surface area contributed by atoms with E-state index in [9.17, 15) is 4.79 Å². The predicted molar refractivity (Wildman–Crippen MR) is 68.5 cm³/mol. The molecule has 3 N–H and O–H groups in total. The maximum absolute atomic E-state index is 11.7. The number of carbonyl (C=O) groups is 1. The van der Waals surface area contributed by atoms with Gasteiger partial charge in [0.15, 0.2) is 0 Å². The van der Waals surface area contributed by atoms with Crippen molar-refractivity contribution in [1.29, 1.82) is 0 Å². The van der Waals surface area contributed by atoms with Gasteiger partial charge in [-0.2, -0.15) is 0 Å². The molecule has 7 heteroatoms. The molecular weight excluding hydrogens is 238 g/mol. The van der Waals surface area contributed by atoms with Crippen LogP contribution in [0.1, 0.15) is 38.6 Å². The monoisotopic (exact) mass is 255 g/mol. The van der Waals surface area contributed by atoms with Crippen molar-refractivity contribution in [2.75, 3.05) is 6.54 Å². The van der Waals surface area contributed by atoms with Crippen LogP contribution in [0.4, 0.5) is 0 Å². The summed E-state index contributed by atoms with van der Waals surface area (Å²) in [7, 11) is 0. The molecule has 17 heavy (non-hydrogen) atoms. The summed E-state index contributed by atoms with van der Waals surface area (Å²) in [5.74, 6) is 0.200. The van der Waals surface area contributed by atoms with Crippen molar-refractivity contribution in [3.8, 4) is 0 Å². The Kier molecular flexibility index (Phi) is 5.02. The van der Waals surface area contributed by atoms with Crippen LogP contribution in [-0.4, -0.2) is 32.2 Å². The fourth-order valence-corrected chi connectivity index (χ4v) is 1.32. The molecule has 0 aliphatic heterocycles. The highest BCUT2D eigenvalue weighted by atomic mass is 32.1. The number of rotatable bonds is 6. The first-order valence-corrected chi connectivity index (χ1v) is 5.95. The Labute approximate surface area is 106 Å². The number of aromatic nitrogens is 3. The van der Waals surface area contributed by atoms with E-state index in [1.165, 1.54) is 11.0 Å². The molecule has 0 bridgehead atoms. The van der Waals surface area contributed by atoms with Crippen LogP contribution in [0.25, 0.3) is 0 Å². The molecule has 6 nitrogen and oxygen atoms in total. The first-order valence-electron chi connectivity index (χ1n) is 5.55. The molecule has 1 rings (SSSR count). The highest BCUT2D eigenvalue weighted by molar-refractivity contribution is 7.80. The highest BCUT2D eigenvalue weighted by Gasteiger charge is 2.16. The Morgan fingerprint density at radius 3 is 2.94 bits per heavy atom. The van der Waals surface area contributed by atoms with E-state index >= 15 is 0 Å². The first kappa shape index (κ1) is 13.6. The zero-order chi connectivity index (χ0) is 12.8. The van der Waals surface area contributed by atoms with E-state index in [1.807, 2.05) is 0 Å². The van der Waals surface area contributed by atoms with Gasteiger partial charge in [-0.1, -0.05) is 25.6 Å². The Hall–Kier alpha value is -1.50. The van der Waals surface area contributed by atoms with E-state index in [0.29, 0.717) is 6.54 Å². The maximum Gasteiger partial charge on any atom is 0.244 e. The van der Waals surface area contributed by atoms with Crippen LogP contribution in [0, 0.1) is 0 Å². The van der Waals surface area contributed by atoms with Crippen LogP contribution in [0.5, 0.6) is 0 Å². The SMILES string of the molecule is CCCCNC(=O)C(C)n1cnc(C(N)=S)n1. The van der Waals surface area contributed by atoms with Crippen molar-refractivity contribution in [1.82, 2.24) is 20.1 Å². The second kappa shape index (κ2) is 6.29. The number of nitrogens with two attached hydrogens (primary N) is 1. The lowest BCUT2D eigenvalue weighted by molar-refractivity contribution is -0.124. The fraction of sp³-hybridized carbons (Fsp3) is 0.600. The molecular formula is C10H17N5OS. The summed E-state index contributed by atoms with van der Waals surface area (Å²) in [6, 6.07) is -0.414. The second-order valence-corrected chi connectivity index (χ2v) is 4.17. The van der Waals surface area contributed by atoms with Gasteiger partial charge in [0.25, 0.3) is 0 Å². The van der Waals surface area contributed by atoms with E-state index in [2.05, 4.69) is 22.3 Å². The number of nitrogens with one attached hydrogen (secondary N) is 1. The Morgan fingerprint density at radius 1 is 1.71 bits per heavy atom. The van der Waals surface area contributed by atoms with Gasteiger partial charge in [-0.25, -0.2) is 9.67 Å². The molecule has 1 heterocycles. The molecule has 0 aromatic carbocycles. The molecule has 0 radical (unpaired) electrons. The number of amides is 1. The van der Waals surface area contributed by atoms with Gasteiger partial charge in [-0.05, 0) is 13.3 Å². The first-order chi connectivity index (χ1) is 8.06. The van der Waals surface area contributed by atoms with E-state index in [-0.39, 0.29) is 16.7 Å².